The molecule has 1 amide bonds. The molecule has 1 unspecified atom stereocenters. The normalized spacial score (nSPS) is 21.1. The molecule has 13 heavy (non-hydrogen) atoms. The highest BCUT2D eigenvalue weighted by molar-refractivity contribution is 5.81. The van der Waals surface area contributed by atoms with Gasteiger partial charge in [-0.25, -0.2) is 0 Å². The van der Waals surface area contributed by atoms with Gasteiger partial charge in [-0.3, -0.25) is 4.79 Å². The molecule has 0 bridgehead atoms. The van der Waals surface area contributed by atoms with Crippen molar-refractivity contribution in [2.45, 2.75) is 38.1 Å². The average molecular weight is 184 g/mol. The Labute approximate surface area is 80.3 Å². The fraction of sp³-hybridized carbons (Fsp3) is 0.900. The molecule has 3 nitrogen and oxygen atoms in total. The van der Waals surface area contributed by atoms with Crippen LogP contribution in [0.4, 0.5) is 0 Å². The number of hydrogen-bond acceptors (Lipinski definition) is 2. The standard InChI is InChI=1S/C10H20N2O/c1-11-9(10(13)12-2)8-6-4-3-5-7-8/h8-9,11H,3-7H2,1-2H3,(H,12,13). The van der Waals surface area contributed by atoms with Crippen molar-refractivity contribution < 1.29 is 4.79 Å². The maximum atomic E-state index is 11.5. The lowest BCUT2D eigenvalue weighted by Gasteiger charge is -2.28. The van der Waals surface area contributed by atoms with Crippen LogP contribution in [0.25, 0.3) is 0 Å². The van der Waals surface area contributed by atoms with E-state index < -0.39 is 0 Å². The molecule has 1 saturated carbocycles. The number of likely N-dealkylation sites (N-methyl/N-ethyl adjacent to an activating group) is 2. The molecule has 1 aliphatic rings. The fourth-order valence-electron chi connectivity index (χ4n) is 2.20. The van der Waals surface area contributed by atoms with Crippen LogP contribution in [-0.2, 0) is 4.79 Å². The number of carbonyl (C=O) groups excluding carboxylic acids is 1. The van der Waals surface area contributed by atoms with E-state index in [4.69, 9.17) is 0 Å². The largest absolute Gasteiger partial charge is 0.358 e. The van der Waals surface area contributed by atoms with Crippen molar-refractivity contribution in [3.05, 3.63) is 0 Å². The SMILES string of the molecule is CNC(=O)C(NC)C1CCCCC1. The van der Waals surface area contributed by atoms with E-state index in [1.54, 1.807) is 7.05 Å². The first-order valence-corrected chi connectivity index (χ1v) is 5.18. The van der Waals surface area contributed by atoms with Gasteiger partial charge in [-0.2, -0.15) is 0 Å². The topological polar surface area (TPSA) is 41.1 Å². The highest BCUT2D eigenvalue weighted by Gasteiger charge is 2.26. The molecular formula is C10H20N2O. The van der Waals surface area contributed by atoms with Crippen LogP contribution < -0.4 is 10.6 Å². The van der Waals surface area contributed by atoms with Crippen molar-refractivity contribution >= 4 is 5.91 Å². The van der Waals surface area contributed by atoms with E-state index in [0.717, 1.165) is 0 Å². The Bertz CT molecular complexity index is 164. The van der Waals surface area contributed by atoms with E-state index in [0.29, 0.717) is 5.92 Å². The van der Waals surface area contributed by atoms with Crippen LogP contribution in [0, 0.1) is 5.92 Å². The van der Waals surface area contributed by atoms with Crippen LogP contribution in [0.2, 0.25) is 0 Å². The first kappa shape index (κ1) is 10.5. The first-order valence-electron chi connectivity index (χ1n) is 5.18. The summed E-state index contributed by atoms with van der Waals surface area (Å²) >= 11 is 0. The lowest BCUT2D eigenvalue weighted by molar-refractivity contribution is -0.124. The predicted molar refractivity (Wildman–Crippen MR) is 53.5 cm³/mol. The number of hydrogen-bond donors (Lipinski definition) is 2. The Morgan fingerprint density at radius 2 is 1.85 bits per heavy atom. The smallest absolute Gasteiger partial charge is 0.237 e. The van der Waals surface area contributed by atoms with Crippen LogP contribution in [-0.4, -0.2) is 26.0 Å². The van der Waals surface area contributed by atoms with Crippen LogP contribution in [0.15, 0.2) is 0 Å². The molecule has 2 N–H and O–H groups in total. The van der Waals surface area contributed by atoms with E-state index in [2.05, 4.69) is 10.6 Å². The third-order valence-electron chi connectivity index (χ3n) is 2.96. The van der Waals surface area contributed by atoms with Gasteiger partial charge in [-0.05, 0) is 25.8 Å². The van der Waals surface area contributed by atoms with Crippen LogP contribution in [0.1, 0.15) is 32.1 Å². The summed E-state index contributed by atoms with van der Waals surface area (Å²) in [7, 11) is 3.57. The van der Waals surface area contributed by atoms with Crippen molar-refractivity contribution in [1.82, 2.24) is 10.6 Å². The predicted octanol–water partition coefficient (Wildman–Crippen LogP) is 0.901. The van der Waals surface area contributed by atoms with Crippen LogP contribution in [0.3, 0.4) is 0 Å². The highest BCUT2D eigenvalue weighted by atomic mass is 16.2. The highest BCUT2D eigenvalue weighted by Crippen LogP contribution is 2.26. The van der Waals surface area contributed by atoms with E-state index in [1.807, 2.05) is 7.05 Å². The van der Waals surface area contributed by atoms with Gasteiger partial charge >= 0.3 is 0 Å². The second-order valence-corrected chi connectivity index (χ2v) is 3.78. The van der Waals surface area contributed by atoms with E-state index in [1.165, 1.54) is 32.1 Å². The Morgan fingerprint density at radius 1 is 1.23 bits per heavy atom. The minimum atomic E-state index is 0.0188. The van der Waals surface area contributed by atoms with Gasteiger partial charge in [0.05, 0.1) is 6.04 Å². The third-order valence-corrected chi connectivity index (χ3v) is 2.96. The number of amides is 1. The molecule has 0 spiro atoms. The van der Waals surface area contributed by atoms with Crippen LogP contribution in [0.5, 0.6) is 0 Å². The van der Waals surface area contributed by atoms with Crippen molar-refractivity contribution in [3.63, 3.8) is 0 Å². The summed E-state index contributed by atoms with van der Waals surface area (Å²) < 4.78 is 0. The molecule has 1 aliphatic carbocycles. The fourth-order valence-corrected chi connectivity index (χ4v) is 2.20. The summed E-state index contributed by atoms with van der Waals surface area (Å²) in [5, 5.41) is 5.82. The van der Waals surface area contributed by atoms with Gasteiger partial charge in [0, 0.05) is 7.05 Å². The third kappa shape index (κ3) is 2.69. The zero-order valence-corrected chi connectivity index (χ0v) is 8.60. The van der Waals surface area contributed by atoms with Gasteiger partial charge in [-0.15, -0.1) is 0 Å². The molecule has 1 fully saturated rings. The maximum Gasteiger partial charge on any atom is 0.237 e. The molecule has 0 aromatic heterocycles. The zero-order chi connectivity index (χ0) is 9.68. The Morgan fingerprint density at radius 3 is 2.31 bits per heavy atom. The van der Waals surface area contributed by atoms with Crippen LogP contribution >= 0.6 is 0 Å². The maximum absolute atomic E-state index is 11.5. The van der Waals surface area contributed by atoms with Crippen molar-refractivity contribution in [2.75, 3.05) is 14.1 Å². The summed E-state index contributed by atoms with van der Waals surface area (Å²) in [5.41, 5.74) is 0. The van der Waals surface area contributed by atoms with Crippen molar-refractivity contribution in [2.24, 2.45) is 5.92 Å². The van der Waals surface area contributed by atoms with Gasteiger partial charge < -0.3 is 10.6 Å². The molecule has 0 saturated heterocycles. The first-order chi connectivity index (χ1) is 6.29. The molecular weight excluding hydrogens is 164 g/mol. The van der Waals surface area contributed by atoms with E-state index >= 15 is 0 Å². The van der Waals surface area contributed by atoms with Gasteiger partial charge in [0.1, 0.15) is 0 Å². The van der Waals surface area contributed by atoms with Gasteiger partial charge in [0.25, 0.3) is 0 Å². The quantitative estimate of drug-likeness (QED) is 0.684. The molecule has 0 aliphatic heterocycles. The Hall–Kier alpha value is -0.570. The molecule has 0 heterocycles. The summed E-state index contributed by atoms with van der Waals surface area (Å²) in [6.45, 7) is 0. The van der Waals surface area contributed by atoms with Gasteiger partial charge in [-0.1, -0.05) is 19.3 Å². The number of rotatable bonds is 3. The van der Waals surface area contributed by atoms with Gasteiger partial charge in [0.2, 0.25) is 5.91 Å². The lowest BCUT2D eigenvalue weighted by atomic mass is 9.83. The summed E-state index contributed by atoms with van der Waals surface area (Å²) in [6, 6.07) is 0.0188. The monoisotopic (exact) mass is 184 g/mol. The molecule has 76 valence electrons. The molecule has 1 rings (SSSR count). The van der Waals surface area contributed by atoms with E-state index in [9.17, 15) is 4.79 Å². The minimum absolute atomic E-state index is 0.0188. The second-order valence-electron chi connectivity index (χ2n) is 3.78. The average Bonchev–Trinajstić information content (AvgIpc) is 2.20. The van der Waals surface area contributed by atoms with Crippen molar-refractivity contribution in [1.29, 1.82) is 0 Å². The lowest BCUT2D eigenvalue weighted by Crippen LogP contribution is -2.46. The second kappa shape index (κ2) is 5.22. The summed E-state index contributed by atoms with van der Waals surface area (Å²) in [4.78, 5) is 11.5. The minimum Gasteiger partial charge on any atom is -0.358 e. The molecule has 0 aromatic rings. The van der Waals surface area contributed by atoms with E-state index in [-0.39, 0.29) is 11.9 Å². The van der Waals surface area contributed by atoms with Crippen molar-refractivity contribution in [3.8, 4) is 0 Å². The Kier molecular flexibility index (Phi) is 4.22. The molecule has 0 radical (unpaired) electrons. The Balaban J connectivity index is 2.48. The van der Waals surface area contributed by atoms with Gasteiger partial charge in [0.15, 0.2) is 0 Å². The summed E-state index contributed by atoms with van der Waals surface area (Å²) in [5.74, 6) is 0.674. The molecule has 0 aromatic carbocycles. The number of nitrogens with one attached hydrogen (secondary N) is 2. The molecule has 3 heteroatoms. The number of carbonyl (C=O) groups is 1. The summed E-state index contributed by atoms with van der Waals surface area (Å²) in [6.07, 6.45) is 6.28. The zero-order valence-electron chi connectivity index (χ0n) is 8.60. The molecule has 1 atom stereocenters.